The Hall–Kier alpha value is -1.81. The standard InChI is InChI=1S/C16H19N3O/c1-10(2)18-9-13-15-12(7-8-17-13)11-5-3-4-6-14(11)19(15)16(18)20/h3-6,10,13,17H,7-9H2,1-2H3. The van der Waals surface area contributed by atoms with Crippen molar-refractivity contribution in [3.8, 4) is 0 Å². The number of aromatic nitrogens is 1. The molecule has 1 atom stereocenters. The Morgan fingerprint density at radius 1 is 1.30 bits per heavy atom. The van der Waals surface area contributed by atoms with E-state index in [1.807, 2.05) is 15.5 Å². The van der Waals surface area contributed by atoms with Gasteiger partial charge in [0, 0.05) is 18.0 Å². The molecule has 4 rings (SSSR count). The summed E-state index contributed by atoms with van der Waals surface area (Å²) in [5.41, 5.74) is 3.61. The van der Waals surface area contributed by atoms with Gasteiger partial charge in [-0.15, -0.1) is 0 Å². The number of para-hydroxylation sites is 1. The fourth-order valence-corrected chi connectivity index (χ4v) is 3.62. The van der Waals surface area contributed by atoms with Gasteiger partial charge in [-0.1, -0.05) is 18.2 Å². The monoisotopic (exact) mass is 269 g/mol. The maximum absolute atomic E-state index is 12.8. The summed E-state index contributed by atoms with van der Waals surface area (Å²) in [5, 5.41) is 4.81. The van der Waals surface area contributed by atoms with E-state index in [0.717, 1.165) is 25.0 Å². The maximum atomic E-state index is 12.8. The van der Waals surface area contributed by atoms with Crippen molar-refractivity contribution in [3.05, 3.63) is 35.5 Å². The van der Waals surface area contributed by atoms with E-state index in [9.17, 15) is 4.79 Å². The summed E-state index contributed by atoms with van der Waals surface area (Å²) < 4.78 is 1.94. The third-order valence-corrected chi connectivity index (χ3v) is 4.56. The van der Waals surface area contributed by atoms with Gasteiger partial charge in [-0.25, -0.2) is 4.79 Å². The van der Waals surface area contributed by atoms with E-state index in [4.69, 9.17) is 0 Å². The highest BCUT2D eigenvalue weighted by Gasteiger charge is 2.37. The Bertz CT molecular complexity index is 701. The largest absolute Gasteiger partial charge is 0.329 e. The van der Waals surface area contributed by atoms with Crippen molar-refractivity contribution in [2.75, 3.05) is 13.1 Å². The first-order valence-corrected chi connectivity index (χ1v) is 7.35. The second kappa shape index (κ2) is 4.09. The fraction of sp³-hybridized carbons (Fsp3) is 0.438. The van der Waals surface area contributed by atoms with Gasteiger partial charge in [0.15, 0.2) is 0 Å². The van der Waals surface area contributed by atoms with Crippen molar-refractivity contribution >= 4 is 16.9 Å². The minimum Gasteiger partial charge on any atom is -0.320 e. The highest BCUT2D eigenvalue weighted by atomic mass is 16.2. The number of carbonyl (C=O) groups is 1. The topological polar surface area (TPSA) is 37.3 Å². The molecule has 3 heterocycles. The summed E-state index contributed by atoms with van der Waals surface area (Å²) in [7, 11) is 0. The lowest BCUT2D eigenvalue weighted by atomic mass is 9.98. The molecule has 4 nitrogen and oxygen atoms in total. The van der Waals surface area contributed by atoms with Crippen LogP contribution >= 0.6 is 0 Å². The maximum Gasteiger partial charge on any atom is 0.329 e. The number of carbonyl (C=O) groups excluding carboxylic acids is 1. The highest BCUT2D eigenvalue weighted by Crippen LogP contribution is 2.36. The average Bonchev–Trinajstić information content (AvgIpc) is 2.79. The number of nitrogens with one attached hydrogen (secondary N) is 1. The van der Waals surface area contributed by atoms with Crippen molar-refractivity contribution in [2.45, 2.75) is 32.4 Å². The first-order valence-electron chi connectivity index (χ1n) is 7.35. The zero-order chi connectivity index (χ0) is 13.9. The van der Waals surface area contributed by atoms with Crippen molar-refractivity contribution in [1.82, 2.24) is 14.8 Å². The third-order valence-electron chi connectivity index (χ3n) is 4.56. The molecule has 0 bridgehead atoms. The van der Waals surface area contributed by atoms with Crippen LogP contribution < -0.4 is 5.32 Å². The van der Waals surface area contributed by atoms with Crippen LogP contribution in [-0.4, -0.2) is 34.6 Å². The predicted octanol–water partition coefficient (Wildman–Crippen LogP) is 2.52. The predicted molar refractivity (Wildman–Crippen MR) is 79.0 cm³/mol. The Kier molecular flexibility index (Phi) is 2.45. The molecule has 2 aromatic rings. The van der Waals surface area contributed by atoms with E-state index >= 15 is 0 Å². The second-order valence-corrected chi connectivity index (χ2v) is 6.00. The molecule has 20 heavy (non-hydrogen) atoms. The fourth-order valence-electron chi connectivity index (χ4n) is 3.62. The van der Waals surface area contributed by atoms with Crippen molar-refractivity contribution in [3.63, 3.8) is 0 Å². The molecule has 2 aliphatic rings. The van der Waals surface area contributed by atoms with Crippen LogP contribution in [0, 0.1) is 0 Å². The van der Waals surface area contributed by atoms with Crippen LogP contribution in [0.4, 0.5) is 4.79 Å². The van der Waals surface area contributed by atoms with Crippen molar-refractivity contribution in [2.24, 2.45) is 0 Å². The normalized spacial score (nSPS) is 21.6. The lowest BCUT2D eigenvalue weighted by Crippen LogP contribution is -2.51. The third kappa shape index (κ3) is 1.43. The molecule has 104 valence electrons. The van der Waals surface area contributed by atoms with Gasteiger partial charge in [0.1, 0.15) is 0 Å². The summed E-state index contributed by atoms with van der Waals surface area (Å²) in [6.07, 6.45) is 1.01. The Morgan fingerprint density at radius 2 is 2.10 bits per heavy atom. The molecule has 1 N–H and O–H groups in total. The number of rotatable bonds is 1. The van der Waals surface area contributed by atoms with Crippen molar-refractivity contribution < 1.29 is 4.79 Å². The van der Waals surface area contributed by atoms with E-state index in [-0.39, 0.29) is 18.1 Å². The number of hydrogen-bond donors (Lipinski definition) is 1. The van der Waals surface area contributed by atoms with Gasteiger partial charge in [-0.2, -0.15) is 0 Å². The zero-order valence-corrected chi connectivity index (χ0v) is 11.9. The van der Waals surface area contributed by atoms with Crippen LogP contribution in [-0.2, 0) is 6.42 Å². The molecule has 4 heteroatoms. The Balaban J connectivity index is 2.03. The molecule has 0 spiro atoms. The van der Waals surface area contributed by atoms with Gasteiger partial charge in [-0.05, 0) is 38.4 Å². The van der Waals surface area contributed by atoms with E-state index in [2.05, 4.69) is 37.4 Å². The van der Waals surface area contributed by atoms with Crippen molar-refractivity contribution in [1.29, 1.82) is 0 Å². The summed E-state index contributed by atoms with van der Waals surface area (Å²) in [6.45, 7) is 5.93. The lowest BCUT2D eigenvalue weighted by molar-refractivity contribution is 0.162. The molecule has 0 saturated heterocycles. The SMILES string of the molecule is CC(C)N1CC2NCCc3c2n(c2ccccc32)C1=O. The summed E-state index contributed by atoms with van der Waals surface area (Å²) >= 11 is 0. The highest BCUT2D eigenvalue weighted by molar-refractivity contribution is 5.96. The summed E-state index contributed by atoms with van der Waals surface area (Å²) in [6, 6.07) is 8.90. The van der Waals surface area contributed by atoms with Crippen LogP contribution in [0.15, 0.2) is 24.3 Å². The number of benzene rings is 1. The van der Waals surface area contributed by atoms with Crippen LogP contribution in [0.3, 0.4) is 0 Å². The van der Waals surface area contributed by atoms with E-state index in [1.54, 1.807) is 0 Å². The molecule has 0 fully saturated rings. The molecule has 2 aliphatic heterocycles. The smallest absolute Gasteiger partial charge is 0.320 e. The Morgan fingerprint density at radius 3 is 2.90 bits per heavy atom. The molecular formula is C16H19N3O. The minimum atomic E-state index is 0.123. The van der Waals surface area contributed by atoms with Gasteiger partial charge >= 0.3 is 6.03 Å². The number of hydrogen-bond acceptors (Lipinski definition) is 2. The first-order chi connectivity index (χ1) is 9.68. The average molecular weight is 269 g/mol. The number of amides is 1. The Labute approximate surface area is 118 Å². The van der Waals surface area contributed by atoms with Gasteiger partial charge < -0.3 is 10.2 Å². The lowest BCUT2D eigenvalue weighted by Gasteiger charge is -2.39. The molecule has 1 unspecified atom stereocenters. The molecule has 1 amide bonds. The van der Waals surface area contributed by atoms with Gasteiger partial charge in [0.05, 0.1) is 17.3 Å². The molecule has 0 saturated carbocycles. The number of fused-ring (bicyclic) bond motifs is 3. The van der Waals surface area contributed by atoms with Crippen LogP contribution in [0.1, 0.15) is 31.1 Å². The summed E-state index contributed by atoms with van der Waals surface area (Å²) in [4.78, 5) is 14.8. The molecule has 1 aromatic carbocycles. The molecular weight excluding hydrogens is 250 g/mol. The molecule has 0 radical (unpaired) electrons. The first kappa shape index (κ1) is 12.0. The van der Waals surface area contributed by atoms with E-state index in [0.29, 0.717) is 0 Å². The second-order valence-electron chi connectivity index (χ2n) is 6.00. The quantitative estimate of drug-likeness (QED) is 0.863. The van der Waals surface area contributed by atoms with Crippen LogP contribution in [0.5, 0.6) is 0 Å². The minimum absolute atomic E-state index is 0.123. The van der Waals surface area contributed by atoms with E-state index < -0.39 is 0 Å². The van der Waals surface area contributed by atoms with Gasteiger partial charge in [0.25, 0.3) is 0 Å². The van der Waals surface area contributed by atoms with Gasteiger partial charge in [0.2, 0.25) is 0 Å². The molecule has 1 aromatic heterocycles. The molecule has 0 aliphatic carbocycles. The summed E-state index contributed by atoms with van der Waals surface area (Å²) in [5.74, 6) is 0. The van der Waals surface area contributed by atoms with Crippen LogP contribution in [0.25, 0.3) is 10.9 Å². The van der Waals surface area contributed by atoms with Crippen LogP contribution in [0.2, 0.25) is 0 Å². The number of nitrogens with zero attached hydrogens (tertiary/aromatic N) is 2. The zero-order valence-electron chi connectivity index (χ0n) is 11.9. The van der Waals surface area contributed by atoms with Gasteiger partial charge in [-0.3, -0.25) is 4.57 Å². The van der Waals surface area contributed by atoms with E-state index in [1.165, 1.54) is 16.6 Å².